The summed E-state index contributed by atoms with van der Waals surface area (Å²) in [6.07, 6.45) is 1.11. The highest BCUT2D eigenvalue weighted by molar-refractivity contribution is 5.31. The van der Waals surface area contributed by atoms with Crippen molar-refractivity contribution >= 4 is 0 Å². The van der Waals surface area contributed by atoms with E-state index in [1.54, 1.807) is 0 Å². The maximum absolute atomic E-state index is 5.81. The molecule has 0 aliphatic carbocycles. The minimum atomic E-state index is 0.545. The minimum absolute atomic E-state index is 0.545. The molecule has 1 aliphatic rings. The Balaban J connectivity index is 1.97. The number of ether oxygens (including phenoxy) is 2. The van der Waals surface area contributed by atoms with Crippen LogP contribution < -0.4 is 4.74 Å². The maximum atomic E-state index is 5.81. The number of hydrogen-bond donors (Lipinski definition) is 0. The van der Waals surface area contributed by atoms with E-state index in [2.05, 4.69) is 5.10 Å². The zero-order chi connectivity index (χ0) is 10.8. The number of rotatable bonds is 3. The second kappa shape index (κ2) is 4.23. The van der Waals surface area contributed by atoms with Gasteiger partial charge >= 0.3 is 0 Å². The van der Waals surface area contributed by atoms with Crippen LogP contribution in [0.2, 0.25) is 0 Å². The van der Waals surface area contributed by atoms with Gasteiger partial charge in [-0.1, -0.05) is 0 Å². The quantitative estimate of drug-likeness (QED) is 0.757. The summed E-state index contributed by atoms with van der Waals surface area (Å²) in [7, 11) is 1.94. The predicted octanol–water partition coefficient (Wildman–Crippen LogP) is 1.45. The molecule has 1 saturated heterocycles. The van der Waals surface area contributed by atoms with Crippen LogP contribution in [0.5, 0.6) is 5.75 Å². The fraction of sp³-hybridized carbons (Fsp3) is 0.727. The molecule has 1 fully saturated rings. The van der Waals surface area contributed by atoms with Crippen molar-refractivity contribution in [2.45, 2.75) is 20.3 Å². The summed E-state index contributed by atoms with van der Waals surface area (Å²) in [6, 6.07) is 0. The molecule has 0 spiro atoms. The summed E-state index contributed by atoms with van der Waals surface area (Å²) in [5.41, 5.74) is 2.06. The van der Waals surface area contributed by atoms with Crippen LogP contribution in [0.3, 0.4) is 0 Å². The molecule has 2 heterocycles. The topological polar surface area (TPSA) is 36.3 Å². The van der Waals surface area contributed by atoms with E-state index in [0.29, 0.717) is 5.92 Å². The Morgan fingerprint density at radius 3 is 2.87 bits per heavy atom. The molecule has 1 aliphatic heterocycles. The molecule has 1 aromatic rings. The minimum Gasteiger partial charge on any atom is -0.489 e. The van der Waals surface area contributed by atoms with E-state index in [4.69, 9.17) is 9.47 Å². The van der Waals surface area contributed by atoms with Crippen molar-refractivity contribution in [1.82, 2.24) is 9.78 Å². The summed E-state index contributed by atoms with van der Waals surface area (Å²) in [6.45, 7) is 6.46. The first-order valence-electron chi connectivity index (χ1n) is 5.39. The highest BCUT2D eigenvalue weighted by atomic mass is 16.5. The van der Waals surface area contributed by atoms with Gasteiger partial charge in [-0.25, -0.2) is 0 Å². The van der Waals surface area contributed by atoms with Crippen molar-refractivity contribution in [1.29, 1.82) is 0 Å². The van der Waals surface area contributed by atoms with Crippen LogP contribution in [0, 0.1) is 19.8 Å². The fourth-order valence-corrected chi connectivity index (χ4v) is 1.88. The van der Waals surface area contributed by atoms with Crippen molar-refractivity contribution in [2.24, 2.45) is 13.0 Å². The molecule has 4 nitrogen and oxygen atoms in total. The van der Waals surface area contributed by atoms with Crippen LogP contribution in [0.1, 0.15) is 17.8 Å². The molecule has 15 heavy (non-hydrogen) atoms. The van der Waals surface area contributed by atoms with Crippen LogP contribution in [0.25, 0.3) is 0 Å². The van der Waals surface area contributed by atoms with E-state index in [1.807, 2.05) is 25.6 Å². The second-order valence-electron chi connectivity index (χ2n) is 4.16. The first-order chi connectivity index (χ1) is 7.18. The predicted molar refractivity (Wildman–Crippen MR) is 57.1 cm³/mol. The van der Waals surface area contributed by atoms with Gasteiger partial charge < -0.3 is 9.47 Å². The lowest BCUT2D eigenvalue weighted by atomic mass is 10.1. The number of hydrogen-bond acceptors (Lipinski definition) is 3. The molecule has 0 radical (unpaired) electrons. The van der Waals surface area contributed by atoms with Crippen LogP contribution >= 0.6 is 0 Å². The molecule has 2 rings (SSSR count). The average Bonchev–Trinajstić information content (AvgIpc) is 2.76. The summed E-state index contributed by atoms with van der Waals surface area (Å²) >= 11 is 0. The van der Waals surface area contributed by atoms with Gasteiger partial charge in [0.1, 0.15) is 5.69 Å². The lowest BCUT2D eigenvalue weighted by molar-refractivity contribution is 0.166. The van der Waals surface area contributed by atoms with Gasteiger partial charge in [0.05, 0.1) is 18.9 Å². The Hall–Kier alpha value is -1.03. The zero-order valence-corrected chi connectivity index (χ0v) is 9.62. The highest BCUT2D eigenvalue weighted by Gasteiger charge is 2.18. The molecule has 0 bridgehead atoms. The normalized spacial score (nSPS) is 20.9. The molecular formula is C11H18N2O2. The monoisotopic (exact) mass is 210 g/mol. The first-order valence-corrected chi connectivity index (χ1v) is 5.39. The lowest BCUT2D eigenvalue weighted by Crippen LogP contribution is -2.12. The lowest BCUT2D eigenvalue weighted by Gasteiger charge is -2.10. The van der Waals surface area contributed by atoms with Gasteiger partial charge in [-0.3, -0.25) is 4.68 Å². The van der Waals surface area contributed by atoms with Crippen LogP contribution in [-0.2, 0) is 11.8 Å². The van der Waals surface area contributed by atoms with E-state index >= 15 is 0 Å². The molecule has 4 heteroatoms. The largest absolute Gasteiger partial charge is 0.489 e. The van der Waals surface area contributed by atoms with Crippen LogP contribution in [-0.4, -0.2) is 29.6 Å². The van der Waals surface area contributed by atoms with Crippen LogP contribution in [0.4, 0.5) is 0 Å². The molecule has 1 atom stereocenters. The average molecular weight is 210 g/mol. The van der Waals surface area contributed by atoms with Crippen molar-refractivity contribution in [3.8, 4) is 5.75 Å². The smallest absolute Gasteiger partial charge is 0.162 e. The first kappa shape index (κ1) is 10.5. The molecule has 0 saturated carbocycles. The molecule has 1 aromatic heterocycles. The zero-order valence-electron chi connectivity index (χ0n) is 9.62. The molecular weight excluding hydrogens is 192 g/mol. The standard InChI is InChI=1S/C11H18N2O2/c1-8-11(9(2)13(3)12-8)15-7-10-4-5-14-6-10/h10H,4-7H2,1-3H3. The van der Waals surface area contributed by atoms with Crippen molar-refractivity contribution < 1.29 is 9.47 Å². The van der Waals surface area contributed by atoms with Gasteiger partial charge in [0.15, 0.2) is 5.75 Å². The van der Waals surface area contributed by atoms with Gasteiger partial charge in [-0.05, 0) is 20.3 Å². The molecule has 84 valence electrons. The van der Waals surface area contributed by atoms with Crippen molar-refractivity contribution in [2.75, 3.05) is 19.8 Å². The summed E-state index contributed by atoms with van der Waals surface area (Å²) in [5, 5.41) is 4.32. The molecule has 0 aromatic carbocycles. The van der Waals surface area contributed by atoms with E-state index < -0.39 is 0 Å². The maximum Gasteiger partial charge on any atom is 0.162 e. The van der Waals surface area contributed by atoms with Gasteiger partial charge in [0.2, 0.25) is 0 Å². The van der Waals surface area contributed by atoms with E-state index in [1.165, 1.54) is 0 Å². The SMILES string of the molecule is Cc1nn(C)c(C)c1OCC1CCOC1. The Morgan fingerprint density at radius 2 is 2.33 bits per heavy atom. The summed E-state index contributed by atoms with van der Waals surface area (Å²) in [4.78, 5) is 0. The van der Waals surface area contributed by atoms with Gasteiger partial charge in [-0.2, -0.15) is 5.10 Å². The Bertz CT molecular complexity index is 341. The number of aryl methyl sites for hydroxylation is 2. The summed E-state index contributed by atoms with van der Waals surface area (Å²) in [5.74, 6) is 1.48. The Kier molecular flexibility index (Phi) is 2.95. The third kappa shape index (κ3) is 2.15. The summed E-state index contributed by atoms with van der Waals surface area (Å²) < 4.78 is 13.0. The number of nitrogens with zero attached hydrogens (tertiary/aromatic N) is 2. The van der Waals surface area contributed by atoms with Crippen molar-refractivity contribution in [3.05, 3.63) is 11.4 Å². The van der Waals surface area contributed by atoms with Gasteiger partial charge in [0.25, 0.3) is 0 Å². The van der Waals surface area contributed by atoms with E-state index in [0.717, 1.165) is 43.4 Å². The molecule has 0 amide bonds. The molecule has 0 N–H and O–H groups in total. The van der Waals surface area contributed by atoms with Gasteiger partial charge in [-0.15, -0.1) is 0 Å². The van der Waals surface area contributed by atoms with Crippen molar-refractivity contribution in [3.63, 3.8) is 0 Å². The van der Waals surface area contributed by atoms with Gasteiger partial charge in [0, 0.05) is 19.6 Å². The third-order valence-corrected chi connectivity index (χ3v) is 2.93. The van der Waals surface area contributed by atoms with E-state index in [-0.39, 0.29) is 0 Å². The molecule has 1 unspecified atom stereocenters. The Morgan fingerprint density at radius 1 is 1.53 bits per heavy atom. The third-order valence-electron chi connectivity index (χ3n) is 2.93. The second-order valence-corrected chi connectivity index (χ2v) is 4.16. The van der Waals surface area contributed by atoms with Crippen LogP contribution in [0.15, 0.2) is 0 Å². The highest BCUT2D eigenvalue weighted by Crippen LogP contribution is 2.23. The fourth-order valence-electron chi connectivity index (χ4n) is 1.88. The number of aromatic nitrogens is 2. The Labute approximate surface area is 90.2 Å². The van der Waals surface area contributed by atoms with E-state index in [9.17, 15) is 0 Å².